The maximum absolute atomic E-state index is 13.0. The Hall–Kier alpha value is -4.79. The summed E-state index contributed by atoms with van der Waals surface area (Å²) in [5.41, 5.74) is 3.47. The number of anilines is 3. The minimum absolute atomic E-state index is 0.173. The predicted molar refractivity (Wildman–Crippen MR) is 144 cm³/mol. The minimum Gasteiger partial charge on any atom is -0.449 e. The molecule has 0 aliphatic heterocycles. The van der Waals surface area contributed by atoms with E-state index in [-0.39, 0.29) is 12.5 Å². The summed E-state index contributed by atoms with van der Waals surface area (Å²) in [4.78, 5) is 48.0. The molecule has 0 bridgehead atoms. The van der Waals surface area contributed by atoms with Crippen molar-refractivity contribution in [2.75, 3.05) is 23.4 Å². The topological polar surface area (TPSA) is 106 Å². The summed E-state index contributed by atoms with van der Waals surface area (Å²) in [5.74, 6) is 0.205. The molecule has 0 radical (unpaired) electrons. The van der Waals surface area contributed by atoms with E-state index < -0.39 is 11.7 Å². The first-order chi connectivity index (χ1) is 17.9. The second kappa shape index (κ2) is 10.9. The molecule has 2 aromatic carbocycles. The van der Waals surface area contributed by atoms with Gasteiger partial charge in [0.1, 0.15) is 0 Å². The van der Waals surface area contributed by atoms with Crippen molar-refractivity contribution in [3.05, 3.63) is 89.5 Å². The highest BCUT2D eigenvalue weighted by atomic mass is 16.5. The van der Waals surface area contributed by atoms with Crippen LogP contribution in [0.3, 0.4) is 0 Å². The molecule has 0 saturated heterocycles. The number of nitrogens with zero attached hydrogens (tertiary/aromatic N) is 4. The normalized spacial score (nSPS) is 10.7. The Morgan fingerprint density at radius 1 is 1.16 bits per heavy atom. The van der Waals surface area contributed by atoms with E-state index in [0.29, 0.717) is 29.1 Å². The summed E-state index contributed by atoms with van der Waals surface area (Å²) in [6.07, 6.45) is 3.66. The SMILES string of the molecule is C=CC(=O)N(CC)c1cccc(Nc2ncc3cc(-c4c(C)ccn(C(=O)OCC)c4=O)ccc3n2)c1. The molecule has 1 amide bonds. The maximum atomic E-state index is 13.0. The van der Waals surface area contributed by atoms with Gasteiger partial charge in [0.25, 0.3) is 5.56 Å². The number of likely N-dealkylation sites (N-methyl/N-ethyl adjacent to an activating group) is 1. The van der Waals surface area contributed by atoms with Crippen molar-refractivity contribution in [2.45, 2.75) is 20.8 Å². The molecule has 0 saturated carbocycles. The molecular weight excluding hydrogens is 470 g/mol. The smallest absolute Gasteiger partial charge is 0.420 e. The average molecular weight is 498 g/mol. The zero-order valence-electron chi connectivity index (χ0n) is 20.9. The van der Waals surface area contributed by atoms with E-state index in [1.54, 1.807) is 36.2 Å². The third-order valence-electron chi connectivity index (χ3n) is 5.80. The Morgan fingerprint density at radius 2 is 1.97 bits per heavy atom. The van der Waals surface area contributed by atoms with Crippen molar-refractivity contribution >= 4 is 40.2 Å². The molecule has 0 aliphatic carbocycles. The second-order valence-corrected chi connectivity index (χ2v) is 8.18. The van der Waals surface area contributed by atoms with Gasteiger partial charge in [0.05, 0.1) is 17.7 Å². The molecule has 1 N–H and O–H groups in total. The number of amides is 1. The van der Waals surface area contributed by atoms with Gasteiger partial charge >= 0.3 is 6.09 Å². The van der Waals surface area contributed by atoms with E-state index in [4.69, 9.17) is 4.74 Å². The highest BCUT2D eigenvalue weighted by molar-refractivity contribution is 6.01. The number of benzene rings is 2. The zero-order chi connectivity index (χ0) is 26.5. The van der Waals surface area contributed by atoms with E-state index in [0.717, 1.165) is 26.9 Å². The Bertz CT molecular complexity index is 1560. The van der Waals surface area contributed by atoms with Crippen molar-refractivity contribution in [1.82, 2.24) is 14.5 Å². The summed E-state index contributed by atoms with van der Waals surface area (Å²) in [7, 11) is 0. The number of carbonyl (C=O) groups is 2. The van der Waals surface area contributed by atoms with Gasteiger partial charge in [-0.25, -0.2) is 19.3 Å². The van der Waals surface area contributed by atoms with Crippen molar-refractivity contribution in [3.63, 3.8) is 0 Å². The molecule has 37 heavy (non-hydrogen) atoms. The first kappa shape index (κ1) is 25.3. The Labute approximate surface area is 214 Å². The number of hydrogen-bond donors (Lipinski definition) is 1. The minimum atomic E-state index is -0.714. The van der Waals surface area contributed by atoms with E-state index in [1.165, 1.54) is 12.3 Å². The van der Waals surface area contributed by atoms with Crippen molar-refractivity contribution in [1.29, 1.82) is 0 Å². The lowest BCUT2D eigenvalue weighted by atomic mass is 10.0. The summed E-state index contributed by atoms with van der Waals surface area (Å²) < 4.78 is 5.96. The molecule has 188 valence electrons. The van der Waals surface area contributed by atoms with Crippen LogP contribution < -0.4 is 15.8 Å². The van der Waals surface area contributed by atoms with Gasteiger partial charge in [-0.05, 0) is 74.4 Å². The Balaban J connectivity index is 1.64. The van der Waals surface area contributed by atoms with Crippen molar-refractivity contribution in [2.24, 2.45) is 0 Å². The van der Waals surface area contributed by atoms with Gasteiger partial charge in [-0.1, -0.05) is 18.7 Å². The van der Waals surface area contributed by atoms with E-state index in [9.17, 15) is 14.4 Å². The number of carbonyl (C=O) groups excluding carboxylic acids is 2. The lowest BCUT2D eigenvalue weighted by molar-refractivity contribution is -0.114. The molecule has 4 aromatic rings. The summed E-state index contributed by atoms with van der Waals surface area (Å²) >= 11 is 0. The van der Waals surface area contributed by atoms with Crippen LogP contribution in [-0.2, 0) is 9.53 Å². The van der Waals surface area contributed by atoms with Gasteiger partial charge in [0.15, 0.2) is 0 Å². The average Bonchev–Trinajstić information content (AvgIpc) is 2.89. The third-order valence-corrected chi connectivity index (χ3v) is 5.80. The lowest BCUT2D eigenvalue weighted by Gasteiger charge is -2.20. The van der Waals surface area contributed by atoms with Crippen LogP contribution in [-0.4, -0.2) is 39.7 Å². The van der Waals surface area contributed by atoms with Crippen LogP contribution in [0.25, 0.3) is 22.0 Å². The zero-order valence-corrected chi connectivity index (χ0v) is 20.9. The van der Waals surface area contributed by atoms with Crippen LogP contribution in [0.5, 0.6) is 0 Å². The quantitative estimate of drug-likeness (QED) is 0.356. The fourth-order valence-electron chi connectivity index (χ4n) is 4.02. The second-order valence-electron chi connectivity index (χ2n) is 8.18. The van der Waals surface area contributed by atoms with Gasteiger partial charge in [0.2, 0.25) is 11.9 Å². The molecule has 9 heteroatoms. The number of aromatic nitrogens is 3. The molecule has 4 rings (SSSR count). The van der Waals surface area contributed by atoms with Gasteiger partial charge in [-0.3, -0.25) is 9.59 Å². The van der Waals surface area contributed by atoms with Crippen LogP contribution >= 0.6 is 0 Å². The number of rotatable bonds is 7. The summed E-state index contributed by atoms with van der Waals surface area (Å²) in [6, 6.07) is 14.5. The van der Waals surface area contributed by atoms with Crippen LogP contribution in [0, 0.1) is 6.92 Å². The van der Waals surface area contributed by atoms with Crippen molar-refractivity contribution < 1.29 is 14.3 Å². The predicted octanol–water partition coefficient (Wildman–Crippen LogP) is 5.05. The maximum Gasteiger partial charge on any atom is 0.420 e. The highest BCUT2D eigenvalue weighted by Crippen LogP contribution is 2.26. The number of hydrogen-bond acceptors (Lipinski definition) is 7. The molecule has 0 spiro atoms. The number of fused-ring (bicyclic) bond motifs is 1. The van der Waals surface area contributed by atoms with Crippen LogP contribution in [0.4, 0.5) is 22.1 Å². The molecule has 2 aromatic heterocycles. The number of pyridine rings is 1. The van der Waals surface area contributed by atoms with E-state index in [2.05, 4.69) is 21.9 Å². The van der Waals surface area contributed by atoms with Crippen molar-refractivity contribution in [3.8, 4) is 11.1 Å². The fraction of sp³-hybridized carbons (Fsp3) is 0.179. The largest absolute Gasteiger partial charge is 0.449 e. The number of ether oxygens (including phenoxy) is 1. The number of nitrogens with one attached hydrogen (secondary N) is 1. The first-order valence-corrected chi connectivity index (χ1v) is 11.8. The molecule has 2 heterocycles. The molecule has 9 nitrogen and oxygen atoms in total. The first-order valence-electron chi connectivity index (χ1n) is 11.8. The van der Waals surface area contributed by atoms with Crippen LogP contribution in [0.15, 0.2) is 78.4 Å². The molecule has 0 unspecified atom stereocenters. The van der Waals surface area contributed by atoms with Gasteiger partial charge in [-0.15, -0.1) is 0 Å². The molecule has 0 atom stereocenters. The van der Waals surface area contributed by atoms with Gasteiger partial charge in [-0.2, -0.15) is 0 Å². The summed E-state index contributed by atoms with van der Waals surface area (Å²) in [6.45, 7) is 9.64. The molecular formula is C28H27N5O4. The number of aryl methyl sites for hydroxylation is 1. The Morgan fingerprint density at radius 3 is 2.70 bits per heavy atom. The van der Waals surface area contributed by atoms with E-state index in [1.807, 2.05) is 44.2 Å². The third kappa shape index (κ3) is 5.25. The van der Waals surface area contributed by atoms with Crippen LogP contribution in [0.1, 0.15) is 19.4 Å². The van der Waals surface area contributed by atoms with Crippen LogP contribution in [0.2, 0.25) is 0 Å². The standard InChI is InChI=1S/C28H27N5O4/c1-5-24(34)32(6-2)22-10-8-9-21(16-22)30-27-29-17-20-15-19(11-12-23(20)31-27)25-18(4)13-14-33(26(25)35)28(36)37-7-3/h5,8-17H,1,6-7H2,2-4H3,(H,29,30,31). The molecule has 0 fully saturated rings. The van der Waals surface area contributed by atoms with E-state index >= 15 is 0 Å². The monoisotopic (exact) mass is 497 g/mol. The molecule has 0 aliphatic rings. The lowest BCUT2D eigenvalue weighted by Crippen LogP contribution is -2.29. The Kier molecular flexibility index (Phi) is 7.43. The van der Waals surface area contributed by atoms with Gasteiger partial charge in [0, 0.05) is 35.7 Å². The fourth-order valence-corrected chi connectivity index (χ4v) is 4.02. The van der Waals surface area contributed by atoms with Gasteiger partial charge < -0.3 is 15.0 Å². The summed E-state index contributed by atoms with van der Waals surface area (Å²) in [5, 5.41) is 3.91. The highest BCUT2D eigenvalue weighted by Gasteiger charge is 2.16.